The van der Waals surface area contributed by atoms with Crippen LogP contribution in [-0.4, -0.2) is 56.3 Å². The quantitative estimate of drug-likeness (QED) is 0.552. The number of hydrogen-bond acceptors (Lipinski definition) is 3. The second kappa shape index (κ2) is 7.85. The topological polar surface area (TPSA) is 52.7 Å². The van der Waals surface area contributed by atoms with Crippen LogP contribution in [0.15, 0.2) is 0 Å². The number of nitrogens with zero attached hydrogens (tertiary/aromatic N) is 2. The van der Waals surface area contributed by atoms with Crippen LogP contribution in [0.5, 0.6) is 0 Å². The lowest BCUT2D eigenvalue weighted by molar-refractivity contribution is 0.233. The summed E-state index contributed by atoms with van der Waals surface area (Å²) in [5, 5.41) is 3.31. The van der Waals surface area contributed by atoms with Crippen LogP contribution in [-0.2, 0) is 10.2 Å². The minimum Gasteiger partial charge on any atom is -0.315 e. The van der Waals surface area contributed by atoms with Gasteiger partial charge in [0.05, 0.1) is 6.54 Å². The Balaban J connectivity index is 2.73. The fourth-order valence-electron chi connectivity index (χ4n) is 2.32. The molecule has 110 valence electrons. The number of terminal acetylenes is 1. The Bertz CT molecular complexity index is 403. The summed E-state index contributed by atoms with van der Waals surface area (Å²) in [6, 6.07) is 0.0468. The van der Waals surface area contributed by atoms with E-state index < -0.39 is 10.2 Å². The summed E-state index contributed by atoms with van der Waals surface area (Å²) in [5.41, 5.74) is 0. The third kappa shape index (κ3) is 4.46. The van der Waals surface area contributed by atoms with Crippen LogP contribution in [0.25, 0.3) is 0 Å². The maximum atomic E-state index is 12.4. The number of rotatable bonds is 7. The molecule has 1 atom stereocenters. The van der Waals surface area contributed by atoms with Crippen molar-refractivity contribution in [3.8, 4) is 12.3 Å². The summed E-state index contributed by atoms with van der Waals surface area (Å²) in [4.78, 5) is 0. The molecule has 1 aliphatic heterocycles. The fraction of sp³-hybridized carbons (Fsp3) is 0.846. The van der Waals surface area contributed by atoms with E-state index in [1.165, 1.54) is 4.31 Å². The Morgan fingerprint density at radius 2 is 2.21 bits per heavy atom. The van der Waals surface area contributed by atoms with Crippen LogP contribution in [0.3, 0.4) is 0 Å². The van der Waals surface area contributed by atoms with Gasteiger partial charge in [0.2, 0.25) is 0 Å². The van der Waals surface area contributed by atoms with Gasteiger partial charge in [0.25, 0.3) is 10.2 Å². The molecule has 1 saturated heterocycles. The van der Waals surface area contributed by atoms with Gasteiger partial charge in [-0.15, -0.1) is 6.42 Å². The molecule has 1 unspecified atom stereocenters. The first-order valence-electron chi connectivity index (χ1n) is 6.91. The van der Waals surface area contributed by atoms with Crippen molar-refractivity contribution in [1.29, 1.82) is 0 Å². The van der Waals surface area contributed by atoms with E-state index in [4.69, 9.17) is 6.42 Å². The van der Waals surface area contributed by atoms with Crippen molar-refractivity contribution >= 4 is 10.2 Å². The summed E-state index contributed by atoms with van der Waals surface area (Å²) >= 11 is 0. The predicted molar refractivity (Wildman–Crippen MR) is 77.9 cm³/mol. The SMILES string of the molecule is C#CCN(C)S(=O)(=O)N1CCCCC1CNCCC. The fourth-order valence-corrected chi connectivity index (χ4v) is 3.83. The maximum absolute atomic E-state index is 12.4. The lowest BCUT2D eigenvalue weighted by Gasteiger charge is -2.36. The molecule has 0 aromatic rings. The van der Waals surface area contributed by atoms with Gasteiger partial charge >= 0.3 is 0 Å². The highest BCUT2D eigenvalue weighted by Crippen LogP contribution is 2.21. The molecular formula is C13H25N3O2S. The molecule has 6 heteroatoms. The maximum Gasteiger partial charge on any atom is 0.282 e. The van der Waals surface area contributed by atoms with Gasteiger partial charge in [-0.25, -0.2) is 0 Å². The molecule has 0 aromatic carbocycles. The van der Waals surface area contributed by atoms with Gasteiger partial charge in [-0.2, -0.15) is 17.0 Å². The van der Waals surface area contributed by atoms with Crippen molar-refractivity contribution in [3.63, 3.8) is 0 Å². The van der Waals surface area contributed by atoms with Crippen molar-refractivity contribution in [2.45, 2.75) is 38.6 Å². The van der Waals surface area contributed by atoms with Crippen molar-refractivity contribution < 1.29 is 8.42 Å². The molecule has 1 rings (SSSR count). The third-order valence-electron chi connectivity index (χ3n) is 3.38. The Kier molecular flexibility index (Phi) is 6.80. The van der Waals surface area contributed by atoms with E-state index in [-0.39, 0.29) is 12.6 Å². The average Bonchev–Trinajstić information content (AvgIpc) is 2.40. The van der Waals surface area contributed by atoms with Gasteiger partial charge in [-0.3, -0.25) is 0 Å². The Morgan fingerprint density at radius 1 is 1.47 bits per heavy atom. The van der Waals surface area contributed by atoms with Gasteiger partial charge in [0.1, 0.15) is 0 Å². The molecule has 0 saturated carbocycles. The second-order valence-corrected chi connectivity index (χ2v) is 6.92. The molecule has 1 heterocycles. The lowest BCUT2D eigenvalue weighted by atomic mass is 10.1. The van der Waals surface area contributed by atoms with Crippen LogP contribution in [0.2, 0.25) is 0 Å². The molecule has 1 N–H and O–H groups in total. The van der Waals surface area contributed by atoms with E-state index in [0.717, 1.165) is 38.8 Å². The number of piperidine rings is 1. The molecule has 0 aliphatic carbocycles. The van der Waals surface area contributed by atoms with Gasteiger partial charge < -0.3 is 5.32 Å². The van der Waals surface area contributed by atoms with E-state index in [1.807, 2.05) is 0 Å². The lowest BCUT2D eigenvalue weighted by Crippen LogP contribution is -2.52. The molecule has 1 fully saturated rings. The second-order valence-electron chi connectivity index (χ2n) is 4.93. The Morgan fingerprint density at radius 3 is 2.84 bits per heavy atom. The summed E-state index contributed by atoms with van der Waals surface area (Å²) in [7, 11) is -1.88. The first-order chi connectivity index (χ1) is 9.04. The van der Waals surface area contributed by atoms with Crippen LogP contribution in [0.4, 0.5) is 0 Å². The summed E-state index contributed by atoms with van der Waals surface area (Å²) < 4.78 is 27.8. The van der Waals surface area contributed by atoms with E-state index in [9.17, 15) is 8.42 Å². The van der Waals surface area contributed by atoms with Crippen molar-refractivity contribution in [3.05, 3.63) is 0 Å². The van der Waals surface area contributed by atoms with Gasteiger partial charge in [-0.05, 0) is 25.8 Å². The highest BCUT2D eigenvalue weighted by molar-refractivity contribution is 7.86. The van der Waals surface area contributed by atoms with Crippen LogP contribution in [0.1, 0.15) is 32.6 Å². The molecule has 5 nitrogen and oxygen atoms in total. The van der Waals surface area contributed by atoms with E-state index >= 15 is 0 Å². The first-order valence-corrected chi connectivity index (χ1v) is 8.31. The minimum atomic E-state index is -3.43. The molecule has 0 spiro atoms. The smallest absolute Gasteiger partial charge is 0.282 e. The third-order valence-corrected chi connectivity index (χ3v) is 5.37. The first kappa shape index (κ1) is 16.4. The Labute approximate surface area is 117 Å². The van der Waals surface area contributed by atoms with Crippen molar-refractivity contribution in [2.75, 3.05) is 33.2 Å². The summed E-state index contributed by atoms with van der Waals surface area (Å²) in [6.07, 6.45) is 9.18. The zero-order valence-electron chi connectivity index (χ0n) is 11.9. The zero-order chi connectivity index (χ0) is 14.3. The summed E-state index contributed by atoms with van der Waals surface area (Å²) in [6.45, 7) is 4.45. The summed E-state index contributed by atoms with van der Waals surface area (Å²) in [5.74, 6) is 2.38. The van der Waals surface area contributed by atoms with Crippen molar-refractivity contribution in [1.82, 2.24) is 13.9 Å². The van der Waals surface area contributed by atoms with Gasteiger partial charge in [0, 0.05) is 26.2 Å². The monoisotopic (exact) mass is 287 g/mol. The van der Waals surface area contributed by atoms with E-state index in [1.54, 1.807) is 11.4 Å². The van der Waals surface area contributed by atoms with E-state index in [0.29, 0.717) is 6.54 Å². The van der Waals surface area contributed by atoms with Gasteiger partial charge in [0.15, 0.2) is 0 Å². The molecule has 0 aromatic heterocycles. The minimum absolute atomic E-state index is 0.0468. The van der Waals surface area contributed by atoms with Crippen LogP contribution in [0, 0.1) is 12.3 Å². The predicted octanol–water partition coefficient (Wildman–Crippen LogP) is 0.650. The molecule has 19 heavy (non-hydrogen) atoms. The molecule has 1 aliphatic rings. The average molecular weight is 287 g/mol. The molecular weight excluding hydrogens is 262 g/mol. The van der Waals surface area contributed by atoms with Crippen LogP contribution < -0.4 is 5.32 Å². The number of hydrogen-bond donors (Lipinski definition) is 1. The van der Waals surface area contributed by atoms with Crippen LogP contribution >= 0.6 is 0 Å². The zero-order valence-corrected chi connectivity index (χ0v) is 12.7. The number of nitrogens with one attached hydrogen (secondary N) is 1. The Hall–Kier alpha value is -0.610. The molecule has 0 bridgehead atoms. The van der Waals surface area contributed by atoms with Gasteiger partial charge in [-0.1, -0.05) is 19.3 Å². The largest absolute Gasteiger partial charge is 0.315 e. The normalized spacial score (nSPS) is 21.5. The molecule has 0 radical (unpaired) electrons. The van der Waals surface area contributed by atoms with Crippen molar-refractivity contribution in [2.24, 2.45) is 0 Å². The highest BCUT2D eigenvalue weighted by atomic mass is 32.2. The molecule has 0 amide bonds. The standard InChI is InChI=1S/C13H25N3O2S/c1-4-9-14-12-13-8-6-7-11-16(13)19(17,18)15(3)10-5-2/h2,13-14H,4,6-12H2,1,3H3. The van der Waals surface area contributed by atoms with E-state index in [2.05, 4.69) is 18.2 Å². The highest BCUT2D eigenvalue weighted by Gasteiger charge is 2.34.